The number of carboxylic acid groups (broad SMARTS) is 1. The predicted octanol–water partition coefficient (Wildman–Crippen LogP) is 2.19. The number of carboxylic acids is 1. The summed E-state index contributed by atoms with van der Waals surface area (Å²) in [5.41, 5.74) is 0. The topological polar surface area (TPSA) is 37.3 Å². The lowest BCUT2D eigenvalue weighted by molar-refractivity contribution is -0.141. The van der Waals surface area contributed by atoms with Gasteiger partial charge in [-0.3, -0.25) is 4.79 Å². The lowest BCUT2D eigenvalue weighted by Crippen LogP contribution is -2.14. The van der Waals surface area contributed by atoms with Crippen LogP contribution in [0.5, 0.6) is 0 Å². The highest BCUT2D eigenvalue weighted by Crippen LogP contribution is 2.26. The fraction of sp³-hybridized carbons (Fsp3) is 0.571. The van der Waals surface area contributed by atoms with Crippen LogP contribution in [0.3, 0.4) is 0 Å². The molecule has 0 aromatic carbocycles. The van der Waals surface area contributed by atoms with Gasteiger partial charge in [0.25, 0.3) is 0 Å². The van der Waals surface area contributed by atoms with Gasteiger partial charge in [-0.25, -0.2) is 0 Å². The van der Waals surface area contributed by atoms with Gasteiger partial charge in [0, 0.05) is 0 Å². The van der Waals surface area contributed by atoms with Crippen LogP contribution in [-0.2, 0) is 4.79 Å². The van der Waals surface area contributed by atoms with Crippen LogP contribution in [0.2, 0.25) is 0 Å². The van der Waals surface area contributed by atoms with E-state index >= 15 is 0 Å². The van der Waals surface area contributed by atoms with E-state index in [2.05, 4.69) is 22.6 Å². The zero-order valence-electron chi connectivity index (χ0n) is 5.51. The van der Waals surface area contributed by atoms with Crippen molar-refractivity contribution in [3.63, 3.8) is 0 Å². The number of hydrogen-bond donors (Lipinski definition) is 1. The molecule has 10 heavy (non-hydrogen) atoms. The Morgan fingerprint density at radius 2 is 2.50 bits per heavy atom. The van der Waals surface area contributed by atoms with Crippen molar-refractivity contribution in [1.29, 1.82) is 0 Å². The van der Waals surface area contributed by atoms with E-state index < -0.39 is 5.97 Å². The normalized spacial score (nSPS) is 25.7. The number of aliphatic carboxylic acids is 1. The quantitative estimate of drug-likeness (QED) is 0.726. The van der Waals surface area contributed by atoms with Crippen molar-refractivity contribution in [3.05, 3.63) is 9.66 Å². The third-order valence-corrected chi connectivity index (χ3v) is 2.68. The summed E-state index contributed by atoms with van der Waals surface area (Å²) in [5.74, 6) is -0.779. The number of halogens is 1. The highest BCUT2D eigenvalue weighted by atomic mass is 127. The van der Waals surface area contributed by atoms with Crippen LogP contribution >= 0.6 is 22.6 Å². The number of allylic oxidation sites excluding steroid dienone is 2. The van der Waals surface area contributed by atoms with E-state index in [-0.39, 0.29) is 5.92 Å². The molecule has 1 rings (SSSR count). The standard InChI is InChI=1S/C7H9IO2/c8-6-3-1-5(2-4-6)7(9)10/h3,5H,1-2,4H2,(H,9,10). The van der Waals surface area contributed by atoms with E-state index in [9.17, 15) is 4.79 Å². The first-order chi connectivity index (χ1) is 4.70. The molecule has 0 heterocycles. The van der Waals surface area contributed by atoms with E-state index in [1.54, 1.807) is 0 Å². The molecule has 1 unspecified atom stereocenters. The first-order valence-electron chi connectivity index (χ1n) is 3.27. The summed E-state index contributed by atoms with van der Waals surface area (Å²) in [6.45, 7) is 0. The Morgan fingerprint density at radius 1 is 1.80 bits per heavy atom. The van der Waals surface area contributed by atoms with Gasteiger partial charge in [0.05, 0.1) is 5.92 Å². The molecule has 1 aliphatic rings. The van der Waals surface area contributed by atoms with Gasteiger partial charge < -0.3 is 5.11 Å². The fourth-order valence-electron chi connectivity index (χ4n) is 1.03. The molecule has 0 spiro atoms. The van der Waals surface area contributed by atoms with Gasteiger partial charge in [0.2, 0.25) is 0 Å². The molecule has 0 fully saturated rings. The second-order valence-electron chi connectivity index (χ2n) is 2.46. The molecule has 1 atom stereocenters. The maximum Gasteiger partial charge on any atom is 0.306 e. The van der Waals surface area contributed by atoms with E-state index in [1.807, 2.05) is 6.08 Å². The Balaban J connectivity index is 2.50. The summed E-state index contributed by atoms with van der Waals surface area (Å²) in [7, 11) is 0. The molecular weight excluding hydrogens is 243 g/mol. The zero-order valence-corrected chi connectivity index (χ0v) is 7.67. The monoisotopic (exact) mass is 252 g/mol. The van der Waals surface area contributed by atoms with E-state index in [4.69, 9.17) is 5.11 Å². The van der Waals surface area contributed by atoms with Crippen molar-refractivity contribution in [2.75, 3.05) is 0 Å². The van der Waals surface area contributed by atoms with Crippen molar-refractivity contribution in [1.82, 2.24) is 0 Å². The van der Waals surface area contributed by atoms with E-state index in [1.165, 1.54) is 3.58 Å². The largest absolute Gasteiger partial charge is 0.481 e. The molecule has 0 amide bonds. The summed E-state index contributed by atoms with van der Waals surface area (Å²) in [6, 6.07) is 0. The molecule has 1 aliphatic carbocycles. The average molecular weight is 252 g/mol. The molecule has 2 nitrogen and oxygen atoms in total. The third kappa shape index (κ3) is 1.97. The van der Waals surface area contributed by atoms with Crippen LogP contribution in [-0.4, -0.2) is 11.1 Å². The minimum atomic E-state index is -0.653. The maximum absolute atomic E-state index is 10.4. The van der Waals surface area contributed by atoms with E-state index in [0.29, 0.717) is 6.42 Å². The second-order valence-corrected chi connectivity index (χ2v) is 3.85. The Bertz CT molecular complexity index is 174. The molecule has 0 radical (unpaired) electrons. The summed E-state index contributed by atoms with van der Waals surface area (Å²) < 4.78 is 1.30. The van der Waals surface area contributed by atoms with E-state index in [0.717, 1.165) is 12.8 Å². The molecule has 0 aromatic heterocycles. The van der Waals surface area contributed by atoms with Gasteiger partial charge in [-0.05, 0) is 45.4 Å². The highest BCUT2D eigenvalue weighted by molar-refractivity contribution is 14.1. The molecule has 3 heteroatoms. The van der Waals surface area contributed by atoms with Gasteiger partial charge in [0.1, 0.15) is 0 Å². The molecule has 0 saturated carbocycles. The summed E-state index contributed by atoms with van der Waals surface area (Å²) in [5, 5.41) is 8.59. The number of carbonyl (C=O) groups is 1. The molecular formula is C7H9IO2. The highest BCUT2D eigenvalue weighted by Gasteiger charge is 2.19. The SMILES string of the molecule is O=C(O)C1CC=C(I)CC1. The minimum Gasteiger partial charge on any atom is -0.481 e. The zero-order chi connectivity index (χ0) is 7.56. The second kappa shape index (κ2) is 3.37. The third-order valence-electron chi connectivity index (χ3n) is 1.70. The van der Waals surface area contributed by atoms with Crippen LogP contribution in [0.25, 0.3) is 0 Å². The summed E-state index contributed by atoms with van der Waals surface area (Å²) in [4.78, 5) is 10.4. The van der Waals surface area contributed by atoms with Crippen molar-refractivity contribution < 1.29 is 9.90 Å². The van der Waals surface area contributed by atoms with Gasteiger partial charge in [-0.1, -0.05) is 6.08 Å². The van der Waals surface area contributed by atoms with Gasteiger partial charge in [0.15, 0.2) is 0 Å². The average Bonchev–Trinajstić information content (AvgIpc) is 1.88. The van der Waals surface area contributed by atoms with Crippen LogP contribution in [0.15, 0.2) is 9.66 Å². The van der Waals surface area contributed by atoms with Crippen molar-refractivity contribution >= 4 is 28.6 Å². The Morgan fingerprint density at radius 3 is 2.90 bits per heavy atom. The van der Waals surface area contributed by atoms with Gasteiger partial charge in [-0.15, -0.1) is 0 Å². The van der Waals surface area contributed by atoms with Crippen molar-refractivity contribution in [2.45, 2.75) is 19.3 Å². The molecule has 0 saturated heterocycles. The van der Waals surface area contributed by atoms with Crippen molar-refractivity contribution in [3.8, 4) is 0 Å². The first-order valence-corrected chi connectivity index (χ1v) is 4.35. The Labute approximate surface area is 73.5 Å². The predicted molar refractivity (Wildman–Crippen MR) is 47.1 cm³/mol. The lowest BCUT2D eigenvalue weighted by atomic mass is 9.95. The van der Waals surface area contributed by atoms with Crippen LogP contribution in [0.1, 0.15) is 19.3 Å². The molecule has 0 aromatic rings. The lowest BCUT2D eigenvalue weighted by Gasteiger charge is -2.14. The fourth-order valence-corrected chi connectivity index (χ4v) is 1.59. The Kier molecular flexibility index (Phi) is 2.71. The molecule has 56 valence electrons. The van der Waals surface area contributed by atoms with Gasteiger partial charge >= 0.3 is 5.97 Å². The van der Waals surface area contributed by atoms with Crippen LogP contribution in [0, 0.1) is 5.92 Å². The van der Waals surface area contributed by atoms with Crippen molar-refractivity contribution in [2.24, 2.45) is 5.92 Å². The van der Waals surface area contributed by atoms with Gasteiger partial charge in [-0.2, -0.15) is 0 Å². The molecule has 0 aliphatic heterocycles. The maximum atomic E-state index is 10.4. The summed E-state index contributed by atoms with van der Waals surface area (Å²) >= 11 is 2.26. The van der Waals surface area contributed by atoms with Crippen LogP contribution in [0.4, 0.5) is 0 Å². The minimum absolute atomic E-state index is 0.126. The number of rotatable bonds is 1. The van der Waals surface area contributed by atoms with Crippen LogP contribution < -0.4 is 0 Å². The molecule has 1 N–H and O–H groups in total. The summed E-state index contributed by atoms with van der Waals surface area (Å²) in [6.07, 6.45) is 4.48. The number of hydrogen-bond acceptors (Lipinski definition) is 1. The molecule has 0 bridgehead atoms. The first kappa shape index (κ1) is 8.04. The smallest absolute Gasteiger partial charge is 0.306 e. The Hall–Kier alpha value is -0.0600.